The van der Waals surface area contributed by atoms with E-state index in [-0.39, 0.29) is 6.61 Å². The summed E-state index contributed by atoms with van der Waals surface area (Å²) in [6.07, 6.45) is 7.44. The van der Waals surface area contributed by atoms with Crippen molar-refractivity contribution in [1.29, 1.82) is 0 Å². The van der Waals surface area contributed by atoms with Gasteiger partial charge in [-0.15, -0.1) is 0 Å². The van der Waals surface area contributed by atoms with Gasteiger partial charge in [-0.25, -0.2) is 0 Å². The van der Waals surface area contributed by atoms with Crippen molar-refractivity contribution < 1.29 is 10.2 Å². The molecule has 2 aliphatic rings. The molecule has 1 saturated carbocycles. The molecule has 27 heavy (non-hydrogen) atoms. The molecule has 1 atom stereocenters. The number of fused-ring (bicyclic) bond motifs is 1. The maximum atomic E-state index is 9.85. The van der Waals surface area contributed by atoms with E-state index in [0.29, 0.717) is 24.5 Å². The van der Waals surface area contributed by atoms with Crippen LogP contribution in [0, 0.1) is 11.8 Å². The Morgan fingerprint density at radius 3 is 2.33 bits per heavy atom. The Balaban J connectivity index is 1.39. The van der Waals surface area contributed by atoms with Crippen LogP contribution in [0.3, 0.4) is 0 Å². The van der Waals surface area contributed by atoms with Gasteiger partial charge in [0, 0.05) is 43.0 Å². The summed E-state index contributed by atoms with van der Waals surface area (Å²) in [6.45, 7) is 4.96. The number of hydrogen-bond acceptors (Lipinski definition) is 3. The van der Waals surface area contributed by atoms with Crippen LogP contribution in [0.5, 0.6) is 0 Å². The van der Waals surface area contributed by atoms with Gasteiger partial charge in [-0.3, -0.25) is 0 Å². The minimum absolute atomic E-state index is 0.113. The van der Waals surface area contributed by atoms with E-state index in [0.717, 1.165) is 24.8 Å². The minimum atomic E-state index is 0.113. The molecule has 1 aliphatic heterocycles. The summed E-state index contributed by atoms with van der Waals surface area (Å²) in [4.78, 5) is 2.71. The fourth-order valence-corrected chi connectivity index (χ4v) is 5.48. The second kappa shape index (κ2) is 8.34. The number of benzene rings is 1. The Morgan fingerprint density at radius 2 is 1.67 bits per heavy atom. The molecule has 0 bridgehead atoms. The number of rotatable bonds is 5. The first kappa shape index (κ1) is 19.0. The highest BCUT2D eigenvalue weighted by molar-refractivity contribution is 5.81. The average Bonchev–Trinajstić information content (AvgIpc) is 3.12. The Morgan fingerprint density at radius 1 is 0.963 bits per heavy atom. The van der Waals surface area contributed by atoms with Crippen molar-refractivity contribution >= 4 is 10.9 Å². The third-order valence-corrected chi connectivity index (χ3v) is 7.20. The van der Waals surface area contributed by atoms with Crippen molar-refractivity contribution in [1.82, 2.24) is 9.47 Å². The maximum absolute atomic E-state index is 9.85. The summed E-state index contributed by atoms with van der Waals surface area (Å²) < 4.78 is 2.40. The van der Waals surface area contributed by atoms with Gasteiger partial charge in [0.1, 0.15) is 0 Å². The van der Waals surface area contributed by atoms with E-state index >= 15 is 0 Å². The molecule has 1 aliphatic carbocycles. The molecule has 0 radical (unpaired) electrons. The third kappa shape index (κ3) is 3.80. The van der Waals surface area contributed by atoms with Gasteiger partial charge in [-0.2, -0.15) is 0 Å². The fraction of sp³-hybridized carbons (Fsp3) is 0.652. The predicted octanol–water partition coefficient (Wildman–Crippen LogP) is 3.96. The van der Waals surface area contributed by atoms with Gasteiger partial charge >= 0.3 is 0 Å². The lowest BCUT2D eigenvalue weighted by molar-refractivity contribution is 0.0763. The van der Waals surface area contributed by atoms with Crippen LogP contribution in [-0.2, 0) is 6.61 Å². The lowest BCUT2D eigenvalue weighted by Crippen LogP contribution is -2.44. The van der Waals surface area contributed by atoms with Crippen LogP contribution >= 0.6 is 0 Å². The van der Waals surface area contributed by atoms with E-state index in [2.05, 4.69) is 46.7 Å². The number of para-hydroxylation sites is 1. The van der Waals surface area contributed by atoms with E-state index in [1.165, 1.54) is 49.4 Å². The van der Waals surface area contributed by atoms with Crippen LogP contribution in [0.25, 0.3) is 10.9 Å². The van der Waals surface area contributed by atoms with E-state index in [4.69, 9.17) is 0 Å². The average molecular weight is 371 g/mol. The number of piperidine rings is 1. The van der Waals surface area contributed by atoms with Gasteiger partial charge in [-0.1, -0.05) is 25.1 Å². The van der Waals surface area contributed by atoms with E-state index in [9.17, 15) is 10.2 Å². The number of aromatic nitrogens is 1. The second-order valence-electron chi connectivity index (χ2n) is 8.72. The van der Waals surface area contributed by atoms with Gasteiger partial charge in [0.25, 0.3) is 0 Å². The van der Waals surface area contributed by atoms with Crippen LogP contribution in [0.2, 0.25) is 0 Å². The molecule has 2 fully saturated rings. The van der Waals surface area contributed by atoms with E-state index in [1.54, 1.807) is 0 Å². The largest absolute Gasteiger partial charge is 0.396 e. The standard InChI is InChI=1S/C23H34N2O2/c1-17(15-26)18-6-8-20(9-7-18)24-12-10-21(11-13-24)25-22(16-27)14-19-4-2-3-5-23(19)25/h2-5,14,17-18,20-21,26-27H,6-13,15-16H2,1H3/t17?,18-,20+. The molecule has 4 rings (SSSR count). The summed E-state index contributed by atoms with van der Waals surface area (Å²) in [5.41, 5.74) is 2.31. The minimum Gasteiger partial charge on any atom is -0.396 e. The quantitative estimate of drug-likeness (QED) is 0.838. The Bertz CT molecular complexity index is 740. The molecule has 4 nitrogen and oxygen atoms in total. The first-order valence-electron chi connectivity index (χ1n) is 10.8. The molecule has 2 heterocycles. The zero-order valence-electron chi connectivity index (χ0n) is 16.6. The molecule has 2 aromatic rings. The Labute approximate surface area is 162 Å². The normalized spacial score (nSPS) is 26.5. The van der Waals surface area contributed by atoms with E-state index < -0.39 is 0 Å². The third-order valence-electron chi connectivity index (χ3n) is 7.20. The number of aliphatic hydroxyl groups excluding tert-OH is 2. The first-order valence-corrected chi connectivity index (χ1v) is 10.8. The fourth-order valence-electron chi connectivity index (χ4n) is 5.48. The molecule has 1 aromatic heterocycles. The topological polar surface area (TPSA) is 48.6 Å². The molecule has 2 N–H and O–H groups in total. The van der Waals surface area contributed by atoms with Crippen molar-refractivity contribution in [3.63, 3.8) is 0 Å². The molecule has 0 amide bonds. The van der Waals surface area contributed by atoms with Crippen molar-refractivity contribution in [3.05, 3.63) is 36.0 Å². The highest BCUT2D eigenvalue weighted by atomic mass is 16.3. The highest BCUT2D eigenvalue weighted by Gasteiger charge is 2.31. The van der Waals surface area contributed by atoms with Gasteiger partial charge in [-0.05, 0) is 67.9 Å². The summed E-state index contributed by atoms with van der Waals surface area (Å²) in [5, 5.41) is 20.5. The molecular weight excluding hydrogens is 336 g/mol. The predicted molar refractivity (Wildman–Crippen MR) is 110 cm³/mol. The SMILES string of the molecule is CC(CO)[C@H]1CC[C@@H](N2CCC(n3c(CO)cc4ccccc43)CC2)CC1. The highest BCUT2D eigenvalue weighted by Crippen LogP contribution is 2.36. The van der Waals surface area contributed by atoms with Gasteiger partial charge in [0.15, 0.2) is 0 Å². The smallest absolute Gasteiger partial charge is 0.0833 e. The molecular formula is C23H34N2O2. The first-order chi connectivity index (χ1) is 13.2. The lowest BCUT2D eigenvalue weighted by atomic mass is 9.78. The number of aliphatic hydroxyl groups is 2. The molecule has 1 unspecified atom stereocenters. The summed E-state index contributed by atoms with van der Waals surface area (Å²) in [5.74, 6) is 1.16. The van der Waals surface area contributed by atoms with E-state index in [1.807, 2.05) is 0 Å². The molecule has 0 spiro atoms. The lowest BCUT2D eigenvalue weighted by Gasteiger charge is -2.42. The van der Waals surface area contributed by atoms with Crippen molar-refractivity contribution in [2.45, 2.75) is 64.1 Å². The monoisotopic (exact) mass is 370 g/mol. The van der Waals surface area contributed by atoms with Gasteiger partial charge in [0.2, 0.25) is 0 Å². The van der Waals surface area contributed by atoms with Gasteiger partial charge < -0.3 is 19.7 Å². The van der Waals surface area contributed by atoms with Crippen LogP contribution in [0.4, 0.5) is 0 Å². The van der Waals surface area contributed by atoms with Gasteiger partial charge in [0.05, 0.1) is 6.61 Å². The number of hydrogen-bond donors (Lipinski definition) is 2. The van der Waals surface area contributed by atoms with Crippen LogP contribution in [0.15, 0.2) is 30.3 Å². The zero-order valence-corrected chi connectivity index (χ0v) is 16.6. The molecule has 148 valence electrons. The second-order valence-corrected chi connectivity index (χ2v) is 8.72. The summed E-state index contributed by atoms with van der Waals surface area (Å²) in [6, 6.07) is 11.9. The summed E-state index contributed by atoms with van der Waals surface area (Å²) >= 11 is 0. The zero-order chi connectivity index (χ0) is 18.8. The van der Waals surface area contributed by atoms with Crippen molar-refractivity contribution in [3.8, 4) is 0 Å². The molecule has 1 saturated heterocycles. The van der Waals surface area contributed by atoms with Crippen molar-refractivity contribution in [2.75, 3.05) is 19.7 Å². The Kier molecular flexibility index (Phi) is 5.86. The number of nitrogens with zero attached hydrogens (tertiary/aromatic N) is 2. The van der Waals surface area contributed by atoms with Crippen molar-refractivity contribution in [2.24, 2.45) is 11.8 Å². The molecule has 4 heteroatoms. The van der Waals surface area contributed by atoms with Crippen LogP contribution in [0.1, 0.15) is 57.2 Å². The Hall–Kier alpha value is -1.36. The van der Waals surface area contributed by atoms with Crippen LogP contribution in [-0.4, -0.2) is 45.4 Å². The molecule has 1 aromatic carbocycles. The maximum Gasteiger partial charge on any atom is 0.0833 e. The summed E-state index contributed by atoms with van der Waals surface area (Å²) in [7, 11) is 0. The van der Waals surface area contributed by atoms with Crippen LogP contribution < -0.4 is 0 Å². The number of likely N-dealkylation sites (tertiary alicyclic amines) is 1.